The fraction of sp³-hybridized carbons (Fsp3) is 0.158. The number of methoxy groups -OCH3 is 2. The lowest BCUT2D eigenvalue weighted by molar-refractivity contribution is -0.384. The Hall–Kier alpha value is -3.04. The minimum Gasteiger partial charge on any atom is -0.493 e. The Labute approximate surface area is 175 Å². The molecule has 1 heterocycles. The van der Waals surface area contributed by atoms with Gasteiger partial charge in [0.2, 0.25) is 0 Å². The highest BCUT2D eigenvalue weighted by molar-refractivity contribution is 8.18. The van der Waals surface area contributed by atoms with Crippen LogP contribution < -0.4 is 9.47 Å². The van der Waals surface area contributed by atoms with Gasteiger partial charge in [-0.1, -0.05) is 23.7 Å². The van der Waals surface area contributed by atoms with Gasteiger partial charge in [-0.25, -0.2) is 0 Å². The van der Waals surface area contributed by atoms with Crippen molar-refractivity contribution in [2.75, 3.05) is 14.2 Å². The number of benzene rings is 2. The highest BCUT2D eigenvalue weighted by Gasteiger charge is 2.35. The van der Waals surface area contributed by atoms with Crippen LogP contribution in [0.15, 0.2) is 41.3 Å². The Kier molecular flexibility index (Phi) is 6.09. The molecule has 29 heavy (non-hydrogen) atoms. The van der Waals surface area contributed by atoms with E-state index in [-0.39, 0.29) is 17.1 Å². The van der Waals surface area contributed by atoms with Gasteiger partial charge in [0.15, 0.2) is 11.5 Å². The summed E-state index contributed by atoms with van der Waals surface area (Å²) in [5, 5.41) is 10.8. The van der Waals surface area contributed by atoms with E-state index in [0.717, 1.165) is 16.7 Å². The second kappa shape index (κ2) is 8.54. The standard InChI is InChI=1S/C19H15ClN2O6S/c1-27-15-7-12(14(20)9-16(15)28-2)8-17-18(23)21(19(24)29-17)10-11-4-3-5-13(6-11)22(25)26/h3-9H,10H2,1-2H3/b17-8+. The molecule has 8 nitrogen and oxygen atoms in total. The first kappa shape index (κ1) is 20.7. The fourth-order valence-electron chi connectivity index (χ4n) is 2.71. The summed E-state index contributed by atoms with van der Waals surface area (Å²) >= 11 is 7.02. The van der Waals surface area contributed by atoms with Crippen LogP contribution in [0.5, 0.6) is 11.5 Å². The number of non-ortho nitro benzene ring substituents is 1. The maximum Gasteiger partial charge on any atom is 0.293 e. The highest BCUT2D eigenvalue weighted by atomic mass is 35.5. The summed E-state index contributed by atoms with van der Waals surface area (Å²) in [6.45, 7) is -0.0661. The van der Waals surface area contributed by atoms with Gasteiger partial charge >= 0.3 is 0 Å². The monoisotopic (exact) mass is 434 g/mol. The number of nitrogens with zero attached hydrogens (tertiary/aromatic N) is 2. The number of amides is 2. The average molecular weight is 435 g/mol. The number of thioether (sulfide) groups is 1. The SMILES string of the molecule is COc1cc(Cl)c(/C=C2/SC(=O)N(Cc3cccc([N+](=O)[O-])c3)C2=O)cc1OC. The lowest BCUT2D eigenvalue weighted by Crippen LogP contribution is -2.27. The van der Waals surface area contributed by atoms with Crippen LogP contribution in [0.1, 0.15) is 11.1 Å². The molecule has 1 fully saturated rings. The number of hydrogen-bond acceptors (Lipinski definition) is 7. The lowest BCUT2D eigenvalue weighted by atomic mass is 10.1. The van der Waals surface area contributed by atoms with E-state index < -0.39 is 16.1 Å². The Balaban J connectivity index is 1.87. The van der Waals surface area contributed by atoms with Crippen LogP contribution in [0.3, 0.4) is 0 Å². The fourth-order valence-corrected chi connectivity index (χ4v) is 3.75. The summed E-state index contributed by atoms with van der Waals surface area (Å²) in [6, 6.07) is 8.96. The van der Waals surface area contributed by atoms with E-state index in [4.69, 9.17) is 21.1 Å². The second-order valence-corrected chi connectivity index (χ2v) is 7.32. The zero-order valence-electron chi connectivity index (χ0n) is 15.4. The summed E-state index contributed by atoms with van der Waals surface area (Å²) in [4.78, 5) is 36.7. The molecule has 1 saturated heterocycles. The molecule has 0 N–H and O–H groups in total. The zero-order valence-corrected chi connectivity index (χ0v) is 17.0. The van der Waals surface area contributed by atoms with Gasteiger partial charge in [0.1, 0.15) is 0 Å². The van der Waals surface area contributed by atoms with E-state index in [1.54, 1.807) is 18.2 Å². The van der Waals surface area contributed by atoms with Gasteiger partial charge in [0.25, 0.3) is 16.8 Å². The molecule has 1 aliphatic heterocycles. The topological polar surface area (TPSA) is 99.0 Å². The Bertz CT molecular complexity index is 1040. The largest absolute Gasteiger partial charge is 0.493 e. The third-order valence-corrected chi connectivity index (χ3v) is 5.36. The summed E-state index contributed by atoms with van der Waals surface area (Å²) in [6.07, 6.45) is 1.50. The summed E-state index contributed by atoms with van der Waals surface area (Å²) in [5.41, 5.74) is 0.860. The van der Waals surface area contributed by atoms with Crippen molar-refractivity contribution in [3.8, 4) is 11.5 Å². The molecular formula is C19H15ClN2O6S. The van der Waals surface area contributed by atoms with E-state index in [1.807, 2.05) is 0 Å². The highest BCUT2D eigenvalue weighted by Crippen LogP contribution is 2.38. The number of imide groups is 1. The molecule has 150 valence electrons. The summed E-state index contributed by atoms with van der Waals surface area (Å²) < 4.78 is 10.4. The van der Waals surface area contributed by atoms with Crippen LogP contribution in [0.25, 0.3) is 6.08 Å². The van der Waals surface area contributed by atoms with Crippen LogP contribution in [0.2, 0.25) is 5.02 Å². The van der Waals surface area contributed by atoms with Gasteiger partial charge < -0.3 is 9.47 Å². The first-order chi connectivity index (χ1) is 13.8. The molecule has 0 bridgehead atoms. The van der Waals surface area contributed by atoms with Crippen molar-refractivity contribution in [3.63, 3.8) is 0 Å². The Morgan fingerprint density at radius 2 is 1.86 bits per heavy atom. The molecule has 0 aliphatic carbocycles. The van der Waals surface area contributed by atoms with E-state index in [9.17, 15) is 19.7 Å². The van der Waals surface area contributed by atoms with Crippen molar-refractivity contribution in [1.29, 1.82) is 0 Å². The van der Waals surface area contributed by atoms with Gasteiger partial charge in [-0.05, 0) is 35.0 Å². The molecule has 0 atom stereocenters. The molecule has 0 aromatic heterocycles. The van der Waals surface area contributed by atoms with Crippen LogP contribution >= 0.6 is 23.4 Å². The molecular weight excluding hydrogens is 420 g/mol. The second-order valence-electron chi connectivity index (χ2n) is 5.92. The quantitative estimate of drug-likeness (QED) is 0.375. The minimum absolute atomic E-state index is 0.0661. The van der Waals surface area contributed by atoms with Crippen LogP contribution in [0.4, 0.5) is 10.5 Å². The maximum absolute atomic E-state index is 12.7. The molecule has 0 spiro atoms. The van der Waals surface area contributed by atoms with E-state index in [0.29, 0.717) is 27.6 Å². The van der Waals surface area contributed by atoms with Crippen LogP contribution in [-0.4, -0.2) is 35.2 Å². The van der Waals surface area contributed by atoms with Gasteiger partial charge in [-0.15, -0.1) is 0 Å². The first-order valence-corrected chi connectivity index (χ1v) is 9.43. The Morgan fingerprint density at radius 3 is 2.52 bits per heavy atom. The summed E-state index contributed by atoms with van der Waals surface area (Å²) in [5.74, 6) is 0.366. The average Bonchev–Trinajstić information content (AvgIpc) is 2.96. The molecule has 2 amide bonds. The first-order valence-electron chi connectivity index (χ1n) is 8.24. The van der Waals surface area contributed by atoms with Crippen molar-refractivity contribution < 1.29 is 24.0 Å². The zero-order chi connectivity index (χ0) is 21.1. The van der Waals surface area contributed by atoms with Crippen molar-refractivity contribution in [2.24, 2.45) is 0 Å². The third kappa shape index (κ3) is 4.36. The van der Waals surface area contributed by atoms with Gasteiger partial charge in [-0.2, -0.15) is 0 Å². The number of carbonyl (C=O) groups excluding carboxylic acids is 2. The number of nitro benzene ring substituents is 1. The van der Waals surface area contributed by atoms with E-state index in [2.05, 4.69) is 0 Å². The van der Waals surface area contributed by atoms with Gasteiger partial charge in [0.05, 0.1) is 35.6 Å². The third-order valence-electron chi connectivity index (χ3n) is 4.13. The molecule has 2 aromatic carbocycles. The van der Waals surface area contributed by atoms with Crippen molar-refractivity contribution in [3.05, 3.63) is 67.6 Å². The van der Waals surface area contributed by atoms with Gasteiger partial charge in [0, 0.05) is 18.2 Å². The molecule has 3 rings (SSSR count). The molecule has 0 radical (unpaired) electrons. The molecule has 2 aromatic rings. The minimum atomic E-state index is -0.531. The number of rotatable bonds is 6. The van der Waals surface area contributed by atoms with Crippen LogP contribution in [0, 0.1) is 10.1 Å². The molecule has 1 aliphatic rings. The number of hydrogen-bond donors (Lipinski definition) is 0. The number of carbonyl (C=O) groups is 2. The molecule has 10 heteroatoms. The lowest BCUT2D eigenvalue weighted by Gasteiger charge is -2.12. The molecule has 0 saturated carbocycles. The van der Waals surface area contributed by atoms with E-state index >= 15 is 0 Å². The van der Waals surface area contributed by atoms with Gasteiger partial charge in [-0.3, -0.25) is 24.6 Å². The summed E-state index contributed by atoms with van der Waals surface area (Å²) in [7, 11) is 2.95. The number of halogens is 1. The number of nitro groups is 1. The normalized spacial score (nSPS) is 15.1. The van der Waals surface area contributed by atoms with Crippen LogP contribution in [-0.2, 0) is 11.3 Å². The van der Waals surface area contributed by atoms with Crippen molar-refractivity contribution >= 4 is 46.3 Å². The van der Waals surface area contributed by atoms with E-state index in [1.165, 1.54) is 38.5 Å². The predicted molar refractivity (Wildman–Crippen MR) is 109 cm³/mol. The molecule has 0 unspecified atom stereocenters. The number of ether oxygens (including phenoxy) is 2. The maximum atomic E-state index is 12.7. The smallest absolute Gasteiger partial charge is 0.293 e. The predicted octanol–water partition coefficient (Wildman–Crippen LogP) is 4.50. The van der Waals surface area contributed by atoms with Crippen molar-refractivity contribution in [1.82, 2.24) is 4.90 Å². The van der Waals surface area contributed by atoms with Crippen molar-refractivity contribution in [2.45, 2.75) is 6.54 Å². The Morgan fingerprint density at radius 1 is 1.17 bits per heavy atom.